The molecule has 0 aliphatic heterocycles. The minimum absolute atomic E-state index is 0. The van der Waals surface area contributed by atoms with E-state index in [4.69, 9.17) is 5.32 Å². The fourth-order valence-electron chi connectivity index (χ4n) is 3.21. The maximum absolute atomic E-state index is 5.28. The Morgan fingerprint density at radius 3 is 1.85 bits per heavy atom. The summed E-state index contributed by atoms with van der Waals surface area (Å²) in [5.41, 5.74) is 2.85. The summed E-state index contributed by atoms with van der Waals surface area (Å²) < 4.78 is 0. The molecule has 0 saturated heterocycles. The van der Waals surface area contributed by atoms with Gasteiger partial charge in [-0.1, -0.05) is 74.5 Å². The van der Waals surface area contributed by atoms with Gasteiger partial charge in [-0.15, -0.1) is 5.16 Å². The summed E-state index contributed by atoms with van der Waals surface area (Å²) in [4.78, 5) is 0. The second-order valence-corrected chi connectivity index (χ2v) is 9.52. The zero-order valence-corrected chi connectivity index (χ0v) is 19.3. The van der Waals surface area contributed by atoms with E-state index in [1.807, 2.05) is 0 Å². The predicted molar refractivity (Wildman–Crippen MR) is 79.4 cm³/mol. The van der Waals surface area contributed by atoms with Crippen LogP contribution < -0.4 is 24.8 Å². The molecule has 0 aromatic rings. The number of hydrogen-bond donors (Lipinski definition) is 0. The zero-order chi connectivity index (χ0) is 12.5. The molecule has 1 nitrogen and oxygen atoms in total. The van der Waals surface area contributed by atoms with Gasteiger partial charge in [-0.05, 0) is 13.8 Å². The molecule has 0 spiro atoms. The molecule has 1 saturated carbocycles. The standard InChI is InChI=1S/C15H26NSi.2ClH.Hf/c1-12-10-14(11-13(12)2)16-15(17(3)4)8-6-5-7-9-15;;;/h10-11,14,17H,5-9H2,1-4H3;2*1H;/q-1;;;/p-2. The molecule has 0 N–H and O–H groups in total. The van der Waals surface area contributed by atoms with Gasteiger partial charge in [-0.25, -0.2) is 0 Å². The molecular formula is C15H26Cl2HfNSi-3. The summed E-state index contributed by atoms with van der Waals surface area (Å²) >= 11 is 0. The van der Waals surface area contributed by atoms with E-state index in [1.165, 1.54) is 43.3 Å². The first kappa shape index (κ1) is 23.4. The maximum atomic E-state index is 5.28. The summed E-state index contributed by atoms with van der Waals surface area (Å²) in [6.07, 6.45) is 11.6. The fourth-order valence-corrected chi connectivity index (χ4v) is 5.25. The average Bonchev–Trinajstić information content (AvgIpc) is 2.59. The first-order chi connectivity index (χ1) is 8.03. The van der Waals surface area contributed by atoms with Crippen molar-refractivity contribution in [2.24, 2.45) is 0 Å². The summed E-state index contributed by atoms with van der Waals surface area (Å²) in [5.74, 6) is 0. The molecule has 0 amide bonds. The second-order valence-electron chi connectivity index (χ2n) is 6.14. The van der Waals surface area contributed by atoms with Crippen LogP contribution in [0, 0.1) is 0 Å². The summed E-state index contributed by atoms with van der Waals surface area (Å²) in [5, 5.41) is 5.67. The molecule has 116 valence electrons. The van der Waals surface area contributed by atoms with E-state index < -0.39 is 8.80 Å². The van der Waals surface area contributed by atoms with Gasteiger partial charge in [0, 0.05) is 34.6 Å². The van der Waals surface area contributed by atoms with Gasteiger partial charge in [0.25, 0.3) is 0 Å². The summed E-state index contributed by atoms with van der Waals surface area (Å²) in [6.45, 7) is 9.39. The van der Waals surface area contributed by atoms with Crippen LogP contribution in [0.15, 0.2) is 23.3 Å². The topological polar surface area (TPSA) is 14.1 Å². The van der Waals surface area contributed by atoms with Crippen LogP contribution >= 0.6 is 0 Å². The Labute approximate surface area is 157 Å². The molecule has 0 radical (unpaired) electrons. The number of nitrogens with zero attached hydrogens (tertiary/aromatic N) is 1. The van der Waals surface area contributed by atoms with Gasteiger partial charge in [0.05, 0.1) is 0 Å². The first-order valence-corrected chi connectivity index (χ1v) is 10.0. The third-order valence-corrected chi connectivity index (χ3v) is 7.54. The Bertz CT molecular complexity index is 332. The van der Waals surface area contributed by atoms with Crippen molar-refractivity contribution in [3.8, 4) is 0 Å². The first-order valence-electron chi connectivity index (χ1n) is 7.13. The summed E-state index contributed by atoms with van der Waals surface area (Å²) in [7, 11) is -0.710. The van der Waals surface area contributed by atoms with Crippen molar-refractivity contribution < 1.29 is 50.7 Å². The number of allylic oxidation sites excluding steroid dienone is 2. The predicted octanol–water partition coefficient (Wildman–Crippen LogP) is -1.63. The Balaban J connectivity index is 0. The van der Waals surface area contributed by atoms with E-state index in [1.54, 1.807) is 0 Å². The zero-order valence-electron chi connectivity index (χ0n) is 13.0. The molecule has 0 atom stereocenters. The van der Waals surface area contributed by atoms with E-state index in [-0.39, 0.29) is 50.7 Å². The van der Waals surface area contributed by atoms with Crippen LogP contribution in [-0.2, 0) is 25.8 Å². The van der Waals surface area contributed by atoms with Crippen LogP contribution in [0.5, 0.6) is 0 Å². The number of hydrogen-bond acceptors (Lipinski definition) is 0. The molecule has 5 heteroatoms. The molecule has 0 aromatic heterocycles. The van der Waals surface area contributed by atoms with Gasteiger partial charge in [-0.3, -0.25) is 0 Å². The molecule has 0 heterocycles. The van der Waals surface area contributed by atoms with Crippen molar-refractivity contribution in [3.63, 3.8) is 0 Å². The van der Waals surface area contributed by atoms with E-state index in [2.05, 4.69) is 39.1 Å². The summed E-state index contributed by atoms with van der Waals surface area (Å²) in [6, 6.07) is 0.378. The monoisotopic (exact) mass is 498 g/mol. The Hall–Kier alpha value is 1.11. The van der Waals surface area contributed by atoms with Gasteiger partial charge in [0.1, 0.15) is 0 Å². The Kier molecular flexibility index (Phi) is 11.7. The van der Waals surface area contributed by atoms with Crippen LogP contribution in [0.25, 0.3) is 5.32 Å². The van der Waals surface area contributed by atoms with E-state index in [0.717, 1.165) is 0 Å². The molecule has 1 fully saturated rings. The average molecular weight is 498 g/mol. The number of halogens is 2. The SMILES string of the molecule is CC1=CC([N-]C2([SiH](C)C)CCCCC2)C=C1C.[Cl-].[Cl-].[Hf]. The smallest absolute Gasteiger partial charge is 0.0161 e. The molecule has 2 rings (SSSR count). The second kappa shape index (κ2) is 9.99. The van der Waals surface area contributed by atoms with Gasteiger partial charge in [0.15, 0.2) is 0 Å². The van der Waals surface area contributed by atoms with Crippen molar-refractivity contribution in [3.05, 3.63) is 28.6 Å². The Morgan fingerprint density at radius 1 is 1.00 bits per heavy atom. The molecule has 0 aromatic carbocycles. The molecule has 0 bridgehead atoms. The molecular weight excluding hydrogens is 472 g/mol. The van der Waals surface area contributed by atoms with Crippen LogP contribution in [0.2, 0.25) is 13.1 Å². The van der Waals surface area contributed by atoms with E-state index >= 15 is 0 Å². The quantitative estimate of drug-likeness (QED) is 0.416. The van der Waals surface area contributed by atoms with Crippen LogP contribution in [0.1, 0.15) is 46.0 Å². The normalized spacial score (nSPS) is 21.2. The van der Waals surface area contributed by atoms with Crippen LogP contribution in [-0.4, -0.2) is 20.0 Å². The van der Waals surface area contributed by atoms with Crippen LogP contribution in [0.3, 0.4) is 0 Å². The van der Waals surface area contributed by atoms with Gasteiger partial charge in [0.2, 0.25) is 0 Å². The third-order valence-electron chi connectivity index (χ3n) is 4.66. The Morgan fingerprint density at radius 2 is 1.45 bits per heavy atom. The van der Waals surface area contributed by atoms with E-state index in [9.17, 15) is 0 Å². The van der Waals surface area contributed by atoms with Crippen LogP contribution in [0.4, 0.5) is 0 Å². The minimum Gasteiger partial charge on any atom is -1.00 e. The van der Waals surface area contributed by atoms with Gasteiger partial charge in [-0.2, -0.15) is 0 Å². The number of rotatable bonds is 3. The minimum atomic E-state index is -0.710. The van der Waals surface area contributed by atoms with Crippen molar-refractivity contribution in [1.82, 2.24) is 0 Å². The molecule has 20 heavy (non-hydrogen) atoms. The van der Waals surface area contributed by atoms with Crippen molar-refractivity contribution in [1.29, 1.82) is 0 Å². The van der Waals surface area contributed by atoms with Gasteiger partial charge >= 0.3 is 0 Å². The van der Waals surface area contributed by atoms with Crippen molar-refractivity contribution >= 4 is 8.80 Å². The molecule has 2 aliphatic rings. The fraction of sp³-hybridized carbons (Fsp3) is 0.733. The van der Waals surface area contributed by atoms with Crippen molar-refractivity contribution in [2.75, 3.05) is 0 Å². The van der Waals surface area contributed by atoms with Gasteiger partial charge < -0.3 is 30.1 Å². The third kappa shape index (κ3) is 5.39. The molecule has 2 aliphatic carbocycles. The molecule has 0 unspecified atom stereocenters. The van der Waals surface area contributed by atoms with Crippen molar-refractivity contribution in [2.45, 2.75) is 70.2 Å². The van der Waals surface area contributed by atoms with E-state index in [0.29, 0.717) is 11.2 Å². The largest absolute Gasteiger partial charge is 1.00 e. The maximum Gasteiger partial charge on any atom is 0.0161 e.